The van der Waals surface area contributed by atoms with E-state index in [0.717, 1.165) is 19.5 Å². The summed E-state index contributed by atoms with van der Waals surface area (Å²) in [6, 6.07) is 0. The molecule has 2 rings (SSSR count). The summed E-state index contributed by atoms with van der Waals surface area (Å²) in [5, 5.41) is 0. The molecule has 0 amide bonds. The van der Waals surface area contributed by atoms with Crippen LogP contribution in [0.4, 0.5) is 13.2 Å². The molecule has 2 aliphatic rings. The van der Waals surface area contributed by atoms with Gasteiger partial charge in [-0.25, -0.2) is 0 Å². The Kier molecular flexibility index (Phi) is 3.67. The maximum Gasteiger partial charge on any atom is 0.401 e. The Labute approximate surface area is 107 Å². The Balaban J connectivity index is 1.95. The van der Waals surface area contributed by atoms with Crippen LogP contribution in [0.5, 0.6) is 0 Å². The van der Waals surface area contributed by atoms with Gasteiger partial charge < -0.3 is 0 Å². The summed E-state index contributed by atoms with van der Waals surface area (Å²) >= 11 is 0. The SMILES string of the molecule is CC(C)(C)N1CC2CC(CN(CC(F)(F)F)C2)C1. The van der Waals surface area contributed by atoms with Crippen LogP contribution in [0.15, 0.2) is 0 Å². The summed E-state index contributed by atoms with van der Waals surface area (Å²) in [6.07, 6.45) is -2.96. The molecule has 0 spiro atoms. The zero-order valence-electron chi connectivity index (χ0n) is 11.4. The fourth-order valence-corrected chi connectivity index (χ4v) is 3.32. The van der Waals surface area contributed by atoms with E-state index in [4.69, 9.17) is 0 Å². The second-order valence-electron chi connectivity index (χ2n) is 6.85. The number of hydrogen-bond acceptors (Lipinski definition) is 2. The molecule has 2 fully saturated rings. The summed E-state index contributed by atoms with van der Waals surface area (Å²) in [7, 11) is 0. The molecule has 0 aromatic rings. The molecule has 0 saturated carbocycles. The summed E-state index contributed by atoms with van der Waals surface area (Å²) in [5.41, 5.74) is 0.128. The van der Waals surface area contributed by atoms with Crippen LogP contribution in [-0.2, 0) is 0 Å². The van der Waals surface area contributed by atoms with E-state index in [9.17, 15) is 13.2 Å². The van der Waals surface area contributed by atoms with Crippen LogP contribution in [0.25, 0.3) is 0 Å². The second-order valence-corrected chi connectivity index (χ2v) is 6.85. The lowest BCUT2D eigenvalue weighted by atomic mass is 9.82. The van der Waals surface area contributed by atoms with Crippen molar-refractivity contribution < 1.29 is 13.2 Å². The van der Waals surface area contributed by atoms with Gasteiger partial charge in [0.2, 0.25) is 0 Å². The first kappa shape index (κ1) is 14.1. The molecule has 0 aromatic heterocycles. The van der Waals surface area contributed by atoms with Crippen molar-refractivity contribution in [1.29, 1.82) is 0 Å². The molecule has 2 unspecified atom stereocenters. The van der Waals surface area contributed by atoms with E-state index in [1.165, 1.54) is 0 Å². The highest BCUT2D eigenvalue weighted by molar-refractivity contribution is 4.92. The standard InChI is InChI=1S/C13H23F3N2/c1-12(2,3)18-7-10-4-11(8-18)6-17(5-10)9-13(14,15)16/h10-11H,4-9H2,1-3H3. The van der Waals surface area contributed by atoms with Gasteiger partial charge in [-0.05, 0) is 39.0 Å². The van der Waals surface area contributed by atoms with Gasteiger partial charge in [0.25, 0.3) is 0 Å². The van der Waals surface area contributed by atoms with E-state index in [1.54, 1.807) is 4.90 Å². The zero-order valence-corrected chi connectivity index (χ0v) is 11.4. The predicted molar refractivity (Wildman–Crippen MR) is 65.4 cm³/mol. The van der Waals surface area contributed by atoms with E-state index in [2.05, 4.69) is 25.7 Å². The third-order valence-corrected chi connectivity index (χ3v) is 4.01. The zero-order chi connectivity index (χ0) is 13.6. The van der Waals surface area contributed by atoms with Crippen LogP contribution >= 0.6 is 0 Å². The van der Waals surface area contributed by atoms with Crippen LogP contribution in [0.1, 0.15) is 27.2 Å². The molecule has 5 heteroatoms. The first-order chi connectivity index (χ1) is 8.13. The van der Waals surface area contributed by atoms with Crippen LogP contribution in [0, 0.1) is 11.8 Å². The largest absolute Gasteiger partial charge is 0.401 e. The average molecular weight is 264 g/mol. The van der Waals surface area contributed by atoms with Crippen molar-refractivity contribution in [3.8, 4) is 0 Å². The van der Waals surface area contributed by atoms with E-state index < -0.39 is 12.7 Å². The van der Waals surface area contributed by atoms with Crippen molar-refractivity contribution in [2.24, 2.45) is 11.8 Å². The maximum atomic E-state index is 12.4. The van der Waals surface area contributed by atoms with Gasteiger partial charge in [0.05, 0.1) is 6.54 Å². The number of likely N-dealkylation sites (tertiary alicyclic amines) is 2. The van der Waals surface area contributed by atoms with E-state index in [1.807, 2.05) is 0 Å². The number of fused-ring (bicyclic) bond motifs is 2. The van der Waals surface area contributed by atoms with E-state index in [0.29, 0.717) is 24.9 Å². The monoisotopic (exact) mass is 264 g/mol. The van der Waals surface area contributed by atoms with Crippen LogP contribution in [0.2, 0.25) is 0 Å². The van der Waals surface area contributed by atoms with Crippen molar-refractivity contribution in [3.63, 3.8) is 0 Å². The van der Waals surface area contributed by atoms with Crippen molar-refractivity contribution in [2.75, 3.05) is 32.7 Å². The summed E-state index contributed by atoms with van der Waals surface area (Å²) in [5.74, 6) is 0.804. The molecule has 0 aromatic carbocycles. The molecule has 2 saturated heterocycles. The number of halogens is 3. The molecular weight excluding hydrogens is 241 g/mol. The quantitative estimate of drug-likeness (QED) is 0.718. The third kappa shape index (κ3) is 3.60. The topological polar surface area (TPSA) is 6.48 Å². The summed E-state index contributed by atoms with van der Waals surface area (Å²) < 4.78 is 37.3. The Hall–Kier alpha value is -0.290. The first-order valence-electron chi connectivity index (χ1n) is 6.67. The molecule has 0 aliphatic carbocycles. The molecule has 2 bridgehead atoms. The minimum atomic E-state index is -4.06. The van der Waals surface area contributed by atoms with Crippen LogP contribution < -0.4 is 0 Å². The van der Waals surface area contributed by atoms with Crippen molar-refractivity contribution >= 4 is 0 Å². The fourth-order valence-electron chi connectivity index (χ4n) is 3.32. The lowest BCUT2D eigenvalue weighted by molar-refractivity contribution is -0.155. The van der Waals surface area contributed by atoms with Gasteiger partial charge in [-0.15, -0.1) is 0 Å². The van der Waals surface area contributed by atoms with Gasteiger partial charge in [-0.1, -0.05) is 0 Å². The second kappa shape index (κ2) is 4.67. The fraction of sp³-hybridized carbons (Fsp3) is 1.00. The molecule has 2 nitrogen and oxygen atoms in total. The molecule has 0 N–H and O–H groups in total. The van der Waals surface area contributed by atoms with Gasteiger partial charge in [0.15, 0.2) is 0 Å². The molecule has 2 heterocycles. The third-order valence-electron chi connectivity index (χ3n) is 4.01. The number of hydrogen-bond donors (Lipinski definition) is 0. The molecule has 2 atom stereocenters. The van der Waals surface area contributed by atoms with Gasteiger partial charge in [-0.3, -0.25) is 9.80 Å². The average Bonchev–Trinajstić information content (AvgIpc) is 2.11. The summed E-state index contributed by atoms with van der Waals surface area (Å²) in [4.78, 5) is 4.02. The lowest BCUT2D eigenvalue weighted by Gasteiger charge is -2.50. The van der Waals surface area contributed by atoms with Crippen molar-refractivity contribution in [1.82, 2.24) is 9.80 Å². The van der Waals surface area contributed by atoms with Gasteiger partial charge in [-0.2, -0.15) is 13.2 Å². The summed E-state index contributed by atoms with van der Waals surface area (Å²) in [6.45, 7) is 8.88. The van der Waals surface area contributed by atoms with Gasteiger partial charge >= 0.3 is 6.18 Å². The maximum absolute atomic E-state index is 12.4. The molecular formula is C13H23F3N2. The molecule has 18 heavy (non-hydrogen) atoms. The highest BCUT2D eigenvalue weighted by Crippen LogP contribution is 2.33. The predicted octanol–water partition coefficient (Wildman–Crippen LogP) is 2.60. The van der Waals surface area contributed by atoms with Crippen molar-refractivity contribution in [2.45, 2.75) is 38.9 Å². The number of rotatable bonds is 1. The Morgan fingerprint density at radius 2 is 1.44 bits per heavy atom. The molecule has 2 aliphatic heterocycles. The smallest absolute Gasteiger partial charge is 0.298 e. The molecule has 106 valence electrons. The van der Waals surface area contributed by atoms with Crippen molar-refractivity contribution in [3.05, 3.63) is 0 Å². The van der Waals surface area contributed by atoms with E-state index in [-0.39, 0.29) is 5.54 Å². The molecule has 0 radical (unpaired) electrons. The van der Waals surface area contributed by atoms with E-state index >= 15 is 0 Å². The lowest BCUT2D eigenvalue weighted by Crippen LogP contribution is -2.58. The first-order valence-corrected chi connectivity index (χ1v) is 6.67. The highest BCUT2D eigenvalue weighted by atomic mass is 19.4. The number of piperidine rings is 2. The van der Waals surface area contributed by atoms with Crippen LogP contribution in [0.3, 0.4) is 0 Å². The number of nitrogens with zero attached hydrogens (tertiary/aromatic N) is 2. The van der Waals surface area contributed by atoms with Gasteiger partial charge in [0, 0.05) is 31.7 Å². The minimum absolute atomic E-state index is 0.128. The Bertz CT molecular complexity index is 282. The number of alkyl halides is 3. The normalized spacial score (nSPS) is 31.7. The van der Waals surface area contributed by atoms with Crippen LogP contribution in [-0.4, -0.2) is 54.2 Å². The Morgan fingerprint density at radius 1 is 0.944 bits per heavy atom. The highest BCUT2D eigenvalue weighted by Gasteiger charge is 2.40. The minimum Gasteiger partial charge on any atom is -0.298 e. The van der Waals surface area contributed by atoms with Gasteiger partial charge in [0.1, 0.15) is 0 Å². The Morgan fingerprint density at radius 3 is 1.83 bits per heavy atom.